The van der Waals surface area contributed by atoms with Crippen LogP contribution in [0, 0.1) is 5.82 Å². The van der Waals surface area contributed by atoms with Crippen molar-refractivity contribution in [3.8, 4) is 5.75 Å². The Bertz CT molecular complexity index is 729. The van der Waals surface area contributed by atoms with Gasteiger partial charge in [0.25, 0.3) is 0 Å². The summed E-state index contributed by atoms with van der Waals surface area (Å²) in [6, 6.07) is 8.18. The normalized spacial score (nSPS) is 20.7. The molecule has 0 unspecified atom stereocenters. The Morgan fingerprint density at radius 3 is 2.96 bits per heavy atom. The number of benzene rings is 1. The molecule has 2 aromatic rings. The van der Waals surface area contributed by atoms with Crippen molar-refractivity contribution in [3.05, 3.63) is 53.6 Å². The minimum atomic E-state index is -0.415. The van der Waals surface area contributed by atoms with Gasteiger partial charge in [0.2, 0.25) is 5.91 Å². The van der Waals surface area contributed by atoms with E-state index in [0.717, 1.165) is 5.69 Å². The van der Waals surface area contributed by atoms with E-state index in [9.17, 15) is 9.18 Å². The fourth-order valence-corrected chi connectivity index (χ4v) is 3.12. The largest absolute Gasteiger partial charge is 0.497 e. The summed E-state index contributed by atoms with van der Waals surface area (Å²) in [6.45, 7) is 0.659. The second-order valence-corrected chi connectivity index (χ2v) is 6.07. The quantitative estimate of drug-likeness (QED) is 0.884. The number of nitrogens with zero attached hydrogens (tertiary/aromatic N) is 1. The van der Waals surface area contributed by atoms with Crippen LogP contribution in [0.2, 0.25) is 0 Å². The highest BCUT2D eigenvalue weighted by Gasteiger charge is 2.31. The summed E-state index contributed by atoms with van der Waals surface area (Å²) in [5, 5.41) is 6.37. The van der Waals surface area contributed by atoms with Crippen LogP contribution in [0.4, 0.5) is 4.39 Å². The summed E-state index contributed by atoms with van der Waals surface area (Å²) in [4.78, 5) is 11.8. The molecule has 1 aliphatic rings. The van der Waals surface area contributed by atoms with E-state index in [1.54, 1.807) is 19.2 Å². The Labute approximate surface area is 140 Å². The molecular weight excluding hydrogens is 309 g/mol. The number of methoxy groups -OCH3 is 1. The first kappa shape index (κ1) is 16.5. The standard InChI is InChI=1S/C18H22FN3O2/c1-22-9-3-4-12(22)11-20-16-7-8-17(23)21-18(16)14-10-13(24-2)5-6-15(14)19/h3-6,9-10,16,18,20H,7-8,11H2,1-2H3,(H,21,23)/t16-,18+/m1/s1. The molecule has 0 bridgehead atoms. The minimum Gasteiger partial charge on any atom is -0.497 e. The first-order valence-electron chi connectivity index (χ1n) is 8.05. The highest BCUT2D eigenvalue weighted by Crippen LogP contribution is 2.29. The first-order valence-corrected chi connectivity index (χ1v) is 8.05. The Balaban J connectivity index is 1.82. The summed E-state index contributed by atoms with van der Waals surface area (Å²) >= 11 is 0. The van der Waals surface area contributed by atoms with E-state index >= 15 is 0 Å². The van der Waals surface area contributed by atoms with Crippen molar-refractivity contribution in [2.24, 2.45) is 7.05 Å². The molecule has 5 nitrogen and oxygen atoms in total. The smallest absolute Gasteiger partial charge is 0.220 e. The number of halogens is 1. The molecular formula is C18H22FN3O2. The third-order valence-electron chi connectivity index (χ3n) is 4.54. The van der Waals surface area contributed by atoms with E-state index in [0.29, 0.717) is 30.7 Å². The molecule has 0 spiro atoms. The average molecular weight is 331 g/mol. The van der Waals surface area contributed by atoms with E-state index in [1.807, 2.05) is 29.9 Å². The van der Waals surface area contributed by atoms with E-state index in [4.69, 9.17) is 4.74 Å². The predicted octanol–water partition coefficient (Wildman–Crippen LogP) is 2.28. The zero-order valence-corrected chi connectivity index (χ0v) is 13.9. The lowest BCUT2D eigenvalue weighted by Crippen LogP contribution is -2.48. The molecule has 3 rings (SSSR count). The molecule has 0 aliphatic carbocycles. The second kappa shape index (κ2) is 7.05. The van der Waals surface area contributed by atoms with Crippen molar-refractivity contribution in [3.63, 3.8) is 0 Å². The van der Waals surface area contributed by atoms with Gasteiger partial charge in [-0.3, -0.25) is 4.79 Å². The van der Waals surface area contributed by atoms with Crippen molar-refractivity contribution in [2.45, 2.75) is 31.5 Å². The molecule has 1 fully saturated rings. The summed E-state index contributed by atoms with van der Waals surface area (Å²) in [7, 11) is 3.53. The lowest BCUT2D eigenvalue weighted by molar-refractivity contribution is -0.123. The fraction of sp³-hybridized carbons (Fsp3) is 0.389. The maximum atomic E-state index is 14.3. The molecule has 1 aromatic carbocycles. The van der Waals surface area contributed by atoms with Crippen LogP contribution in [0.5, 0.6) is 5.75 Å². The molecule has 1 saturated heterocycles. The molecule has 2 atom stereocenters. The molecule has 0 radical (unpaired) electrons. The van der Waals surface area contributed by atoms with Gasteiger partial charge in [0.15, 0.2) is 0 Å². The molecule has 2 heterocycles. The van der Waals surface area contributed by atoms with Crippen LogP contribution in [-0.2, 0) is 18.4 Å². The van der Waals surface area contributed by atoms with E-state index in [-0.39, 0.29) is 17.8 Å². The van der Waals surface area contributed by atoms with Crippen LogP contribution in [0.3, 0.4) is 0 Å². The number of piperidine rings is 1. The second-order valence-electron chi connectivity index (χ2n) is 6.07. The van der Waals surface area contributed by atoms with Gasteiger partial charge in [-0.25, -0.2) is 4.39 Å². The third-order valence-corrected chi connectivity index (χ3v) is 4.54. The van der Waals surface area contributed by atoms with Crippen molar-refractivity contribution in [1.82, 2.24) is 15.2 Å². The fourth-order valence-electron chi connectivity index (χ4n) is 3.12. The maximum Gasteiger partial charge on any atom is 0.220 e. The monoisotopic (exact) mass is 331 g/mol. The average Bonchev–Trinajstić information content (AvgIpc) is 2.99. The lowest BCUT2D eigenvalue weighted by atomic mass is 9.91. The number of ether oxygens (including phenoxy) is 1. The van der Waals surface area contributed by atoms with Crippen LogP contribution < -0.4 is 15.4 Å². The first-order chi connectivity index (χ1) is 11.6. The van der Waals surface area contributed by atoms with Gasteiger partial charge >= 0.3 is 0 Å². The van der Waals surface area contributed by atoms with Crippen LogP contribution in [0.15, 0.2) is 36.5 Å². The zero-order chi connectivity index (χ0) is 17.1. The Morgan fingerprint density at radius 2 is 2.25 bits per heavy atom. The van der Waals surface area contributed by atoms with Crippen molar-refractivity contribution in [2.75, 3.05) is 7.11 Å². The number of carbonyl (C=O) groups is 1. The van der Waals surface area contributed by atoms with Gasteiger partial charge < -0.3 is 19.9 Å². The van der Waals surface area contributed by atoms with Crippen LogP contribution >= 0.6 is 0 Å². The van der Waals surface area contributed by atoms with Crippen LogP contribution in [-0.4, -0.2) is 23.6 Å². The maximum absolute atomic E-state index is 14.3. The summed E-state index contributed by atoms with van der Waals surface area (Å²) < 4.78 is 21.6. The molecule has 24 heavy (non-hydrogen) atoms. The lowest BCUT2D eigenvalue weighted by Gasteiger charge is -2.33. The number of hydrogen-bond donors (Lipinski definition) is 2. The molecule has 1 amide bonds. The minimum absolute atomic E-state index is 0.0424. The Morgan fingerprint density at radius 1 is 1.42 bits per heavy atom. The van der Waals surface area contributed by atoms with Gasteiger partial charge in [-0.15, -0.1) is 0 Å². The number of carbonyl (C=O) groups excluding carboxylic acids is 1. The number of hydrogen-bond acceptors (Lipinski definition) is 3. The van der Waals surface area contributed by atoms with Gasteiger partial charge in [0.1, 0.15) is 11.6 Å². The summed E-state index contributed by atoms with van der Waals surface area (Å²) in [5.74, 6) is 0.181. The van der Waals surface area contributed by atoms with Gasteiger partial charge in [-0.2, -0.15) is 0 Å². The van der Waals surface area contributed by atoms with Gasteiger partial charge in [0.05, 0.1) is 13.2 Å². The molecule has 1 aliphatic heterocycles. The topological polar surface area (TPSA) is 55.3 Å². The molecule has 128 valence electrons. The van der Waals surface area contributed by atoms with Gasteiger partial charge in [0, 0.05) is 43.5 Å². The molecule has 6 heteroatoms. The SMILES string of the molecule is COc1ccc(F)c([C@@H]2NC(=O)CC[C@H]2NCc2cccn2C)c1. The Kier molecular flexibility index (Phi) is 4.85. The van der Waals surface area contributed by atoms with E-state index < -0.39 is 6.04 Å². The highest BCUT2D eigenvalue weighted by molar-refractivity contribution is 5.77. The number of rotatable bonds is 5. The highest BCUT2D eigenvalue weighted by atomic mass is 19.1. The third kappa shape index (κ3) is 3.43. The summed E-state index contributed by atoms with van der Waals surface area (Å²) in [6.07, 6.45) is 3.09. The van der Waals surface area contributed by atoms with E-state index in [1.165, 1.54) is 6.07 Å². The van der Waals surface area contributed by atoms with Crippen molar-refractivity contribution in [1.29, 1.82) is 0 Å². The van der Waals surface area contributed by atoms with Crippen LogP contribution in [0.25, 0.3) is 0 Å². The summed E-state index contributed by atoms with van der Waals surface area (Å²) in [5.41, 5.74) is 1.59. The number of aryl methyl sites for hydroxylation is 1. The Hall–Kier alpha value is -2.34. The number of amides is 1. The molecule has 2 N–H and O–H groups in total. The molecule has 0 saturated carbocycles. The molecule has 1 aromatic heterocycles. The van der Waals surface area contributed by atoms with Crippen molar-refractivity contribution < 1.29 is 13.9 Å². The zero-order valence-electron chi connectivity index (χ0n) is 13.9. The van der Waals surface area contributed by atoms with Gasteiger partial charge in [-0.05, 0) is 36.8 Å². The van der Waals surface area contributed by atoms with Gasteiger partial charge in [-0.1, -0.05) is 0 Å². The van der Waals surface area contributed by atoms with Crippen molar-refractivity contribution >= 4 is 5.91 Å². The number of aromatic nitrogens is 1. The number of nitrogens with one attached hydrogen (secondary N) is 2. The van der Waals surface area contributed by atoms with E-state index in [2.05, 4.69) is 10.6 Å². The predicted molar refractivity (Wildman–Crippen MR) is 89.1 cm³/mol. The van der Waals surface area contributed by atoms with Crippen LogP contribution in [0.1, 0.15) is 30.1 Å².